The molecule has 2 rings (SSSR count). The number of ether oxygens (including phenoxy) is 1. The van der Waals surface area contributed by atoms with Crippen LogP contribution >= 0.6 is 0 Å². The molecule has 108 valence electrons. The first-order valence-corrected chi connectivity index (χ1v) is 6.98. The summed E-state index contributed by atoms with van der Waals surface area (Å²) in [5.74, 6) is 0.0805. The van der Waals surface area contributed by atoms with Gasteiger partial charge in [-0.2, -0.15) is 0 Å². The fourth-order valence-electron chi connectivity index (χ4n) is 2.26. The van der Waals surface area contributed by atoms with Gasteiger partial charge < -0.3 is 15.4 Å². The van der Waals surface area contributed by atoms with Gasteiger partial charge in [0.25, 0.3) is 0 Å². The molecule has 1 atom stereocenters. The number of rotatable bonds is 6. The average molecular weight is 274 g/mol. The molecule has 0 fully saturated rings. The molecular weight excluding hydrogens is 252 g/mol. The standard InChI is InChI=1S/C16H22N2O2/c1-12(2)11-20-8-7-17-16(19)14-9-13-5-3-4-6-15(13)18-10-14/h3-6,14,18H,1,7-11H2,2H3,(H,17,19). The van der Waals surface area contributed by atoms with Crippen LogP contribution in [-0.4, -0.2) is 32.2 Å². The van der Waals surface area contributed by atoms with E-state index in [-0.39, 0.29) is 11.8 Å². The molecular formula is C16H22N2O2. The number of hydrogen-bond acceptors (Lipinski definition) is 3. The summed E-state index contributed by atoms with van der Waals surface area (Å²) < 4.78 is 5.36. The first kappa shape index (κ1) is 14.6. The Kier molecular flexibility index (Phi) is 5.18. The predicted molar refractivity (Wildman–Crippen MR) is 80.8 cm³/mol. The predicted octanol–water partition coefficient (Wildman–Crippen LogP) is 1.98. The van der Waals surface area contributed by atoms with Gasteiger partial charge in [-0.1, -0.05) is 30.4 Å². The quantitative estimate of drug-likeness (QED) is 0.616. The van der Waals surface area contributed by atoms with Gasteiger partial charge >= 0.3 is 0 Å². The first-order chi connectivity index (χ1) is 9.66. The van der Waals surface area contributed by atoms with Crippen molar-refractivity contribution >= 4 is 11.6 Å². The summed E-state index contributed by atoms with van der Waals surface area (Å²) in [6.07, 6.45) is 0.793. The molecule has 1 unspecified atom stereocenters. The number of carbonyl (C=O) groups is 1. The maximum absolute atomic E-state index is 12.1. The van der Waals surface area contributed by atoms with Gasteiger partial charge in [0.05, 0.1) is 19.1 Å². The molecule has 20 heavy (non-hydrogen) atoms. The molecule has 4 nitrogen and oxygen atoms in total. The molecule has 0 spiro atoms. The summed E-state index contributed by atoms with van der Waals surface area (Å²) in [5.41, 5.74) is 3.34. The number of benzene rings is 1. The molecule has 1 aliphatic heterocycles. The maximum atomic E-state index is 12.1. The Labute approximate surface area is 120 Å². The van der Waals surface area contributed by atoms with Gasteiger partial charge in [-0.3, -0.25) is 4.79 Å². The van der Waals surface area contributed by atoms with E-state index in [9.17, 15) is 4.79 Å². The van der Waals surface area contributed by atoms with Crippen LogP contribution < -0.4 is 10.6 Å². The molecule has 2 N–H and O–H groups in total. The fourth-order valence-corrected chi connectivity index (χ4v) is 2.26. The number of carbonyl (C=O) groups excluding carboxylic acids is 1. The smallest absolute Gasteiger partial charge is 0.225 e. The minimum absolute atomic E-state index is 0.00830. The fraction of sp³-hybridized carbons (Fsp3) is 0.438. The lowest BCUT2D eigenvalue weighted by Crippen LogP contribution is -2.39. The minimum Gasteiger partial charge on any atom is -0.384 e. The summed E-state index contributed by atoms with van der Waals surface area (Å²) in [6.45, 7) is 7.99. The van der Waals surface area contributed by atoms with E-state index >= 15 is 0 Å². The van der Waals surface area contributed by atoms with Crippen LogP contribution in [0.5, 0.6) is 0 Å². The van der Waals surface area contributed by atoms with E-state index < -0.39 is 0 Å². The van der Waals surface area contributed by atoms with Crippen LogP contribution in [0.4, 0.5) is 5.69 Å². The third kappa shape index (κ3) is 4.10. The normalized spacial score (nSPS) is 16.9. The number of amides is 1. The lowest BCUT2D eigenvalue weighted by atomic mass is 9.93. The Morgan fingerprint density at radius 3 is 3.10 bits per heavy atom. The van der Waals surface area contributed by atoms with E-state index in [0.717, 1.165) is 17.7 Å². The Morgan fingerprint density at radius 2 is 2.30 bits per heavy atom. The van der Waals surface area contributed by atoms with Crippen molar-refractivity contribution in [1.82, 2.24) is 5.32 Å². The molecule has 0 saturated heterocycles. The molecule has 1 amide bonds. The maximum Gasteiger partial charge on any atom is 0.225 e. The number of fused-ring (bicyclic) bond motifs is 1. The number of nitrogens with one attached hydrogen (secondary N) is 2. The summed E-state index contributed by atoms with van der Waals surface area (Å²) in [6, 6.07) is 8.13. The van der Waals surface area contributed by atoms with E-state index in [1.54, 1.807) is 0 Å². The summed E-state index contributed by atoms with van der Waals surface area (Å²) in [5, 5.41) is 6.23. The van der Waals surface area contributed by atoms with Gasteiger partial charge in [0.1, 0.15) is 0 Å². The first-order valence-electron chi connectivity index (χ1n) is 6.98. The van der Waals surface area contributed by atoms with Crippen molar-refractivity contribution in [1.29, 1.82) is 0 Å². The van der Waals surface area contributed by atoms with Gasteiger partial charge in [0, 0.05) is 18.8 Å². The summed E-state index contributed by atoms with van der Waals surface area (Å²) in [4.78, 5) is 12.1. The van der Waals surface area contributed by atoms with Crippen molar-refractivity contribution in [3.63, 3.8) is 0 Å². The Hall–Kier alpha value is -1.81. The monoisotopic (exact) mass is 274 g/mol. The third-order valence-electron chi connectivity index (χ3n) is 3.29. The van der Waals surface area contributed by atoms with Crippen molar-refractivity contribution in [2.45, 2.75) is 13.3 Å². The second-order valence-corrected chi connectivity index (χ2v) is 5.24. The van der Waals surface area contributed by atoms with Crippen LogP contribution in [0.1, 0.15) is 12.5 Å². The SMILES string of the molecule is C=C(C)COCCNC(=O)C1CNc2ccccc2C1. The van der Waals surface area contributed by atoms with E-state index in [1.165, 1.54) is 5.56 Å². The highest BCUT2D eigenvalue weighted by Gasteiger charge is 2.23. The van der Waals surface area contributed by atoms with Crippen molar-refractivity contribution in [3.05, 3.63) is 42.0 Å². The zero-order chi connectivity index (χ0) is 14.4. The topological polar surface area (TPSA) is 50.4 Å². The molecule has 0 bridgehead atoms. The summed E-state index contributed by atoms with van der Waals surface area (Å²) in [7, 11) is 0. The lowest BCUT2D eigenvalue weighted by Gasteiger charge is -2.25. The zero-order valence-corrected chi connectivity index (χ0v) is 11.9. The van der Waals surface area contributed by atoms with Crippen LogP contribution in [0.3, 0.4) is 0 Å². The molecule has 0 aromatic heterocycles. The van der Waals surface area contributed by atoms with Gasteiger partial charge in [-0.15, -0.1) is 0 Å². The molecule has 0 saturated carbocycles. The molecule has 1 aliphatic rings. The highest BCUT2D eigenvalue weighted by Crippen LogP contribution is 2.24. The molecule has 1 aromatic rings. The van der Waals surface area contributed by atoms with Gasteiger partial charge in [-0.25, -0.2) is 0 Å². The van der Waals surface area contributed by atoms with E-state index in [2.05, 4.69) is 29.3 Å². The Balaban J connectivity index is 1.73. The van der Waals surface area contributed by atoms with Gasteiger partial charge in [-0.05, 0) is 25.0 Å². The lowest BCUT2D eigenvalue weighted by molar-refractivity contribution is -0.124. The second-order valence-electron chi connectivity index (χ2n) is 5.24. The Morgan fingerprint density at radius 1 is 1.50 bits per heavy atom. The van der Waals surface area contributed by atoms with Crippen molar-refractivity contribution < 1.29 is 9.53 Å². The van der Waals surface area contributed by atoms with E-state index in [4.69, 9.17) is 4.74 Å². The Bertz CT molecular complexity index is 485. The van der Waals surface area contributed by atoms with Crippen LogP contribution in [0.25, 0.3) is 0 Å². The number of para-hydroxylation sites is 1. The highest BCUT2D eigenvalue weighted by atomic mass is 16.5. The molecule has 1 heterocycles. The number of hydrogen-bond donors (Lipinski definition) is 2. The highest BCUT2D eigenvalue weighted by molar-refractivity contribution is 5.80. The van der Waals surface area contributed by atoms with Gasteiger partial charge in [0.15, 0.2) is 0 Å². The van der Waals surface area contributed by atoms with E-state index in [1.807, 2.05) is 19.1 Å². The van der Waals surface area contributed by atoms with Crippen LogP contribution in [0.15, 0.2) is 36.4 Å². The van der Waals surface area contributed by atoms with Crippen LogP contribution in [0, 0.1) is 5.92 Å². The van der Waals surface area contributed by atoms with Crippen molar-refractivity contribution in [2.24, 2.45) is 5.92 Å². The van der Waals surface area contributed by atoms with Crippen LogP contribution in [-0.2, 0) is 16.0 Å². The van der Waals surface area contributed by atoms with Crippen molar-refractivity contribution in [2.75, 3.05) is 31.6 Å². The second kappa shape index (κ2) is 7.10. The van der Waals surface area contributed by atoms with Crippen LogP contribution in [0.2, 0.25) is 0 Å². The van der Waals surface area contributed by atoms with E-state index in [0.29, 0.717) is 26.3 Å². The minimum atomic E-state index is -0.00830. The largest absolute Gasteiger partial charge is 0.384 e. The molecule has 4 heteroatoms. The molecule has 1 aromatic carbocycles. The molecule has 0 aliphatic carbocycles. The number of anilines is 1. The average Bonchev–Trinajstić information content (AvgIpc) is 2.46. The van der Waals surface area contributed by atoms with Gasteiger partial charge in [0.2, 0.25) is 5.91 Å². The molecule has 0 radical (unpaired) electrons. The third-order valence-corrected chi connectivity index (χ3v) is 3.29. The van der Waals surface area contributed by atoms with Crippen molar-refractivity contribution in [3.8, 4) is 0 Å². The zero-order valence-electron chi connectivity index (χ0n) is 11.9. The summed E-state index contributed by atoms with van der Waals surface area (Å²) >= 11 is 0.